The molecule has 7 heteroatoms. The molecule has 0 unspecified atom stereocenters. The van der Waals surface area contributed by atoms with Gasteiger partial charge < -0.3 is 19.5 Å². The largest absolute Gasteiger partial charge is 0.467 e. The molecule has 0 aromatic rings. The molecule has 1 amide bonds. The van der Waals surface area contributed by atoms with E-state index in [1.54, 1.807) is 20.8 Å². The summed E-state index contributed by atoms with van der Waals surface area (Å²) >= 11 is 0. The number of carbonyl (C=O) groups is 3. The molecule has 3 fully saturated rings. The Labute approximate surface area is 146 Å². The second-order valence-corrected chi connectivity index (χ2v) is 8.33. The molecule has 1 aliphatic heterocycles. The zero-order valence-electron chi connectivity index (χ0n) is 14.8. The summed E-state index contributed by atoms with van der Waals surface area (Å²) in [5, 5.41) is 2.59. The van der Waals surface area contributed by atoms with Gasteiger partial charge in [0.25, 0.3) is 5.91 Å². The molecular formula is C18H23NO6. The van der Waals surface area contributed by atoms with Gasteiger partial charge in [0.15, 0.2) is 5.60 Å². The molecule has 1 saturated heterocycles. The number of carbonyl (C=O) groups excluding carboxylic acids is 3. The van der Waals surface area contributed by atoms with Crippen molar-refractivity contribution in [3.05, 3.63) is 12.2 Å². The van der Waals surface area contributed by atoms with Crippen LogP contribution in [0.2, 0.25) is 0 Å². The Bertz CT molecular complexity index is 694. The van der Waals surface area contributed by atoms with Gasteiger partial charge in [0.1, 0.15) is 12.1 Å². The SMILES string of the molecule is COC(=O)[C@]12O[C@@]1(C(=O)NCC(=O)OC(C)(C)C)[C@H]1[C@@H]2[C@@H]2C=C[C@H]1C2. The standard InChI is InChI=1S/C18H23NO6/c1-16(2,3)24-11(20)8-19-14(21)17-12-9-5-6-10(7-9)13(12)18(17,25-17)15(22)23-4/h5-6,9-10,12-13H,7-8H2,1-4H3,(H,19,21)/t9-,10+,12+,13-,17+,18-/m0/s1. The maximum atomic E-state index is 12.8. The molecule has 1 N–H and O–H groups in total. The van der Waals surface area contributed by atoms with Crippen LogP contribution in [0.1, 0.15) is 27.2 Å². The second-order valence-electron chi connectivity index (χ2n) is 8.33. The number of rotatable bonds is 4. The number of ether oxygens (including phenoxy) is 3. The molecule has 6 atom stereocenters. The number of allylic oxidation sites excluding steroid dienone is 2. The van der Waals surface area contributed by atoms with Gasteiger partial charge in [-0.1, -0.05) is 12.2 Å². The maximum Gasteiger partial charge on any atom is 0.342 e. The van der Waals surface area contributed by atoms with Crippen molar-refractivity contribution in [3.63, 3.8) is 0 Å². The third kappa shape index (κ3) is 1.93. The minimum Gasteiger partial charge on any atom is -0.467 e. The lowest BCUT2D eigenvalue weighted by Gasteiger charge is -2.44. The first kappa shape index (κ1) is 16.6. The molecular weight excluding hydrogens is 326 g/mol. The third-order valence-corrected chi connectivity index (χ3v) is 5.87. The fourth-order valence-corrected chi connectivity index (χ4v) is 5.20. The molecule has 0 aromatic heterocycles. The topological polar surface area (TPSA) is 94.2 Å². The van der Waals surface area contributed by atoms with Crippen LogP contribution in [0.4, 0.5) is 0 Å². The number of nitrogens with one attached hydrogen (secondary N) is 1. The highest BCUT2D eigenvalue weighted by molar-refractivity contribution is 6.05. The summed E-state index contributed by atoms with van der Waals surface area (Å²) in [6.45, 7) is 5.03. The molecule has 136 valence electrons. The van der Waals surface area contributed by atoms with Crippen LogP contribution in [-0.4, -0.2) is 48.3 Å². The van der Waals surface area contributed by atoms with Crippen molar-refractivity contribution in [2.24, 2.45) is 23.7 Å². The second kappa shape index (κ2) is 4.84. The van der Waals surface area contributed by atoms with E-state index in [2.05, 4.69) is 17.5 Å². The molecule has 25 heavy (non-hydrogen) atoms. The van der Waals surface area contributed by atoms with E-state index < -0.39 is 34.6 Å². The Morgan fingerprint density at radius 3 is 2.32 bits per heavy atom. The zero-order valence-corrected chi connectivity index (χ0v) is 14.8. The Morgan fingerprint density at radius 1 is 1.16 bits per heavy atom. The highest BCUT2D eigenvalue weighted by atomic mass is 16.7. The highest BCUT2D eigenvalue weighted by Gasteiger charge is 2.97. The van der Waals surface area contributed by atoms with Gasteiger partial charge in [-0.25, -0.2) is 4.79 Å². The summed E-state index contributed by atoms with van der Waals surface area (Å²) < 4.78 is 15.9. The van der Waals surface area contributed by atoms with E-state index in [0.29, 0.717) is 0 Å². The first-order chi connectivity index (χ1) is 11.7. The van der Waals surface area contributed by atoms with E-state index in [1.165, 1.54) is 7.11 Å². The molecule has 7 nitrogen and oxygen atoms in total. The van der Waals surface area contributed by atoms with Crippen molar-refractivity contribution in [3.8, 4) is 0 Å². The van der Waals surface area contributed by atoms with Crippen molar-refractivity contribution in [2.45, 2.75) is 44.0 Å². The van der Waals surface area contributed by atoms with Crippen molar-refractivity contribution in [2.75, 3.05) is 13.7 Å². The normalized spacial score (nSPS) is 42.1. The fourth-order valence-electron chi connectivity index (χ4n) is 5.20. The molecule has 0 radical (unpaired) electrons. The van der Waals surface area contributed by atoms with Gasteiger partial charge in [-0.05, 0) is 39.0 Å². The van der Waals surface area contributed by atoms with Gasteiger partial charge >= 0.3 is 11.9 Å². The van der Waals surface area contributed by atoms with Crippen LogP contribution >= 0.6 is 0 Å². The van der Waals surface area contributed by atoms with Crippen LogP contribution < -0.4 is 5.32 Å². The molecule has 3 aliphatic carbocycles. The fraction of sp³-hybridized carbons (Fsp3) is 0.722. The summed E-state index contributed by atoms with van der Waals surface area (Å²) in [6.07, 6.45) is 5.16. The Hall–Kier alpha value is -1.89. The number of methoxy groups -OCH3 is 1. The Balaban J connectivity index is 1.50. The number of fused-ring (bicyclic) bond motifs is 8. The summed E-state index contributed by atoms with van der Waals surface area (Å²) in [7, 11) is 1.30. The zero-order chi connectivity index (χ0) is 18.2. The predicted molar refractivity (Wildman–Crippen MR) is 85.1 cm³/mol. The maximum absolute atomic E-state index is 12.8. The molecule has 0 spiro atoms. The smallest absolute Gasteiger partial charge is 0.342 e. The van der Waals surface area contributed by atoms with Gasteiger partial charge in [0, 0.05) is 11.8 Å². The number of epoxide rings is 1. The number of hydrogen-bond donors (Lipinski definition) is 1. The lowest BCUT2D eigenvalue weighted by molar-refractivity contribution is -0.157. The third-order valence-electron chi connectivity index (χ3n) is 5.87. The Morgan fingerprint density at radius 2 is 1.76 bits per heavy atom. The monoisotopic (exact) mass is 349 g/mol. The van der Waals surface area contributed by atoms with E-state index in [-0.39, 0.29) is 30.2 Å². The first-order valence-corrected chi connectivity index (χ1v) is 8.64. The summed E-state index contributed by atoms with van der Waals surface area (Å²) in [5.41, 5.74) is -3.01. The van der Waals surface area contributed by atoms with Gasteiger partial charge in [0.2, 0.25) is 5.60 Å². The van der Waals surface area contributed by atoms with Gasteiger partial charge in [0.05, 0.1) is 7.11 Å². The van der Waals surface area contributed by atoms with Crippen LogP contribution in [0, 0.1) is 23.7 Å². The van der Waals surface area contributed by atoms with Gasteiger partial charge in [-0.3, -0.25) is 9.59 Å². The number of amides is 1. The predicted octanol–water partition coefficient (Wildman–Crippen LogP) is 0.577. The molecule has 0 aromatic carbocycles. The van der Waals surface area contributed by atoms with Crippen LogP contribution in [0.15, 0.2) is 12.2 Å². The molecule has 1 heterocycles. The minimum atomic E-state index is -1.20. The van der Waals surface area contributed by atoms with Crippen LogP contribution in [0.25, 0.3) is 0 Å². The average Bonchev–Trinajstić information content (AvgIpc) is 2.83. The minimum absolute atomic E-state index is 0.0118. The van der Waals surface area contributed by atoms with Crippen molar-refractivity contribution < 1.29 is 28.6 Å². The number of hydrogen-bond acceptors (Lipinski definition) is 6. The molecule has 2 bridgehead atoms. The van der Waals surface area contributed by atoms with Gasteiger partial charge in [-0.2, -0.15) is 0 Å². The average molecular weight is 349 g/mol. The summed E-state index contributed by atoms with van der Waals surface area (Å²) in [4.78, 5) is 37.1. The van der Waals surface area contributed by atoms with Crippen LogP contribution in [0.3, 0.4) is 0 Å². The van der Waals surface area contributed by atoms with Crippen LogP contribution in [0.5, 0.6) is 0 Å². The Kier molecular flexibility index (Phi) is 3.21. The molecule has 2 saturated carbocycles. The molecule has 4 aliphatic rings. The van der Waals surface area contributed by atoms with E-state index in [4.69, 9.17) is 14.2 Å². The van der Waals surface area contributed by atoms with E-state index in [1.807, 2.05) is 0 Å². The molecule has 4 rings (SSSR count). The van der Waals surface area contributed by atoms with Crippen LogP contribution in [-0.2, 0) is 28.6 Å². The van der Waals surface area contributed by atoms with E-state index in [0.717, 1.165) is 6.42 Å². The van der Waals surface area contributed by atoms with Gasteiger partial charge in [-0.15, -0.1) is 0 Å². The summed E-state index contributed by atoms with van der Waals surface area (Å²) in [6, 6.07) is 0. The number of esters is 2. The quantitative estimate of drug-likeness (QED) is 0.453. The first-order valence-electron chi connectivity index (χ1n) is 8.64. The van der Waals surface area contributed by atoms with Crippen molar-refractivity contribution in [1.29, 1.82) is 0 Å². The lowest BCUT2D eigenvalue weighted by Crippen LogP contribution is -2.66. The van der Waals surface area contributed by atoms with E-state index >= 15 is 0 Å². The highest BCUT2D eigenvalue weighted by Crippen LogP contribution is 2.79. The lowest BCUT2D eigenvalue weighted by atomic mass is 9.53. The summed E-state index contributed by atoms with van der Waals surface area (Å²) in [5.74, 6) is -0.994. The van der Waals surface area contributed by atoms with E-state index in [9.17, 15) is 14.4 Å². The van der Waals surface area contributed by atoms with Crippen molar-refractivity contribution >= 4 is 17.8 Å². The van der Waals surface area contributed by atoms with Crippen molar-refractivity contribution in [1.82, 2.24) is 5.32 Å².